The second-order valence-corrected chi connectivity index (χ2v) is 6.59. The SMILES string of the molecule is O=C(CSc1ccc(Br)cc1)Nc1ccccc1Br. The molecule has 2 aromatic carbocycles. The molecule has 2 rings (SSSR count). The standard InChI is InChI=1S/C14H11Br2NOS/c15-10-5-7-11(8-6-10)19-9-14(18)17-13-4-2-1-3-12(13)16/h1-8H,9H2,(H,17,18). The third-order valence-corrected chi connectivity index (χ3v) is 4.56. The van der Waals surface area contributed by atoms with Crippen LogP contribution in [0.2, 0.25) is 0 Å². The molecule has 0 heterocycles. The Morgan fingerprint density at radius 3 is 2.42 bits per heavy atom. The van der Waals surface area contributed by atoms with E-state index < -0.39 is 0 Å². The summed E-state index contributed by atoms with van der Waals surface area (Å²) in [6, 6.07) is 15.5. The molecule has 0 radical (unpaired) electrons. The van der Waals surface area contributed by atoms with Crippen LogP contribution < -0.4 is 5.32 Å². The molecule has 1 amide bonds. The average molecular weight is 401 g/mol. The van der Waals surface area contributed by atoms with E-state index in [9.17, 15) is 4.79 Å². The van der Waals surface area contributed by atoms with E-state index >= 15 is 0 Å². The van der Waals surface area contributed by atoms with Crippen LogP contribution in [-0.4, -0.2) is 11.7 Å². The first-order valence-corrected chi connectivity index (χ1v) is 8.15. The van der Waals surface area contributed by atoms with E-state index in [4.69, 9.17) is 0 Å². The minimum Gasteiger partial charge on any atom is -0.324 e. The van der Waals surface area contributed by atoms with Gasteiger partial charge in [0.25, 0.3) is 0 Å². The molecule has 2 nitrogen and oxygen atoms in total. The number of hydrogen-bond acceptors (Lipinski definition) is 2. The molecule has 0 aliphatic carbocycles. The number of carbonyl (C=O) groups excluding carboxylic acids is 1. The van der Waals surface area contributed by atoms with Crippen molar-refractivity contribution in [1.82, 2.24) is 0 Å². The van der Waals surface area contributed by atoms with Crippen LogP contribution in [-0.2, 0) is 4.79 Å². The van der Waals surface area contributed by atoms with Gasteiger partial charge in [-0.15, -0.1) is 11.8 Å². The van der Waals surface area contributed by atoms with Gasteiger partial charge >= 0.3 is 0 Å². The van der Waals surface area contributed by atoms with Crippen LogP contribution in [0.5, 0.6) is 0 Å². The summed E-state index contributed by atoms with van der Waals surface area (Å²) < 4.78 is 1.92. The molecular weight excluding hydrogens is 390 g/mol. The molecule has 0 aliphatic heterocycles. The first-order chi connectivity index (χ1) is 9.15. The zero-order valence-corrected chi connectivity index (χ0v) is 13.9. The Bertz CT molecular complexity index is 572. The number of para-hydroxylation sites is 1. The van der Waals surface area contributed by atoms with Gasteiger partial charge < -0.3 is 5.32 Å². The molecule has 0 saturated heterocycles. The van der Waals surface area contributed by atoms with Crippen molar-refractivity contribution in [2.45, 2.75) is 4.90 Å². The predicted molar refractivity (Wildman–Crippen MR) is 87.6 cm³/mol. The second-order valence-electron chi connectivity index (χ2n) is 3.77. The van der Waals surface area contributed by atoms with Gasteiger partial charge in [-0.05, 0) is 52.3 Å². The average Bonchev–Trinajstić information content (AvgIpc) is 2.41. The monoisotopic (exact) mass is 399 g/mol. The Balaban J connectivity index is 1.88. The Kier molecular flexibility index (Phi) is 5.48. The number of carbonyl (C=O) groups is 1. The Morgan fingerprint density at radius 1 is 1.05 bits per heavy atom. The maximum absolute atomic E-state index is 11.8. The fourth-order valence-electron chi connectivity index (χ4n) is 1.43. The topological polar surface area (TPSA) is 29.1 Å². The number of benzene rings is 2. The number of rotatable bonds is 4. The Morgan fingerprint density at radius 2 is 1.74 bits per heavy atom. The lowest BCUT2D eigenvalue weighted by Gasteiger charge is -2.07. The van der Waals surface area contributed by atoms with Crippen molar-refractivity contribution in [3.8, 4) is 0 Å². The number of nitrogens with one attached hydrogen (secondary N) is 1. The summed E-state index contributed by atoms with van der Waals surface area (Å²) in [5.74, 6) is 0.378. The normalized spacial score (nSPS) is 10.2. The maximum Gasteiger partial charge on any atom is 0.234 e. The zero-order valence-electron chi connectivity index (χ0n) is 9.90. The summed E-state index contributed by atoms with van der Waals surface area (Å²) in [4.78, 5) is 12.9. The Hall–Kier alpha value is -0.780. The van der Waals surface area contributed by atoms with Crippen molar-refractivity contribution in [3.63, 3.8) is 0 Å². The van der Waals surface area contributed by atoms with E-state index in [-0.39, 0.29) is 5.91 Å². The summed E-state index contributed by atoms with van der Waals surface area (Å²) in [6.07, 6.45) is 0. The van der Waals surface area contributed by atoms with Crippen molar-refractivity contribution < 1.29 is 4.79 Å². The van der Waals surface area contributed by atoms with Gasteiger partial charge in [0.2, 0.25) is 5.91 Å². The molecule has 0 unspecified atom stereocenters. The fourth-order valence-corrected chi connectivity index (χ4v) is 2.78. The van der Waals surface area contributed by atoms with Gasteiger partial charge in [0.1, 0.15) is 0 Å². The van der Waals surface area contributed by atoms with Crippen molar-refractivity contribution in [2.24, 2.45) is 0 Å². The molecule has 0 aliphatic rings. The minimum atomic E-state index is -0.0141. The first-order valence-electron chi connectivity index (χ1n) is 5.58. The molecule has 2 aromatic rings. The van der Waals surface area contributed by atoms with Crippen LogP contribution >= 0.6 is 43.6 Å². The van der Waals surface area contributed by atoms with Gasteiger partial charge in [-0.2, -0.15) is 0 Å². The van der Waals surface area contributed by atoms with E-state index in [2.05, 4.69) is 37.2 Å². The van der Waals surface area contributed by atoms with Crippen molar-refractivity contribution in [3.05, 3.63) is 57.5 Å². The van der Waals surface area contributed by atoms with Gasteiger partial charge in [0, 0.05) is 13.8 Å². The summed E-state index contributed by atoms with van der Waals surface area (Å²) in [6.45, 7) is 0. The lowest BCUT2D eigenvalue weighted by molar-refractivity contribution is -0.113. The molecule has 0 atom stereocenters. The van der Waals surface area contributed by atoms with Gasteiger partial charge in [-0.3, -0.25) is 4.79 Å². The van der Waals surface area contributed by atoms with Crippen molar-refractivity contribution in [2.75, 3.05) is 11.1 Å². The molecule has 0 aromatic heterocycles. The van der Waals surface area contributed by atoms with E-state index in [1.807, 2.05) is 48.5 Å². The second kappa shape index (κ2) is 7.12. The van der Waals surface area contributed by atoms with Crippen LogP contribution in [0.25, 0.3) is 0 Å². The quantitative estimate of drug-likeness (QED) is 0.736. The van der Waals surface area contributed by atoms with Gasteiger partial charge in [0.15, 0.2) is 0 Å². The third kappa shape index (κ3) is 4.67. The van der Waals surface area contributed by atoms with Crippen molar-refractivity contribution in [1.29, 1.82) is 0 Å². The van der Waals surface area contributed by atoms with Crippen LogP contribution in [0.3, 0.4) is 0 Å². The summed E-state index contributed by atoms with van der Waals surface area (Å²) in [5, 5.41) is 2.88. The van der Waals surface area contributed by atoms with Crippen LogP contribution in [0, 0.1) is 0 Å². The molecule has 1 N–H and O–H groups in total. The summed E-state index contributed by atoms with van der Waals surface area (Å²) >= 11 is 8.30. The summed E-state index contributed by atoms with van der Waals surface area (Å²) in [5.41, 5.74) is 0.795. The minimum absolute atomic E-state index is 0.0141. The molecule has 0 fully saturated rings. The summed E-state index contributed by atoms with van der Waals surface area (Å²) in [7, 11) is 0. The van der Waals surface area contributed by atoms with Gasteiger partial charge in [-0.25, -0.2) is 0 Å². The molecule has 5 heteroatoms. The lowest BCUT2D eigenvalue weighted by Crippen LogP contribution is -2.14. The highest BCUT2D eigenvalue weighted by atomic mass is 79.9. The van der Waals surface area contributed by atoms with Gasteiger partial charge in [0.05, 0.1) is 11.4 Å². The smallest absolute Gasteiger partial charge is 0.234 e. The van der Waals surface area contributed by atoms with Crippen LogP contribution in [0.1, 0.15) is 0 Å². The number of amides is 1. The largest absolute Gasteiger partial charge is 0.324 e. The number of hydrogen-bond donors (Lipinski definition) is 1. The van der Waals surface area contributed by atoms with Crippen LogP contribution in [0.15, 0.2) is 62.4 Å². The van der Waals surface area contributed by atoms with E-state index in [1.165, 1.54) is 11.8 Å². The molecule has 19 heavy (non-hydrogen) atoms. The maximum atomic E-state index is 11.8. The number of thioether (sulfide) groups is 1. The van der Waals surface area contributed by atoms with E-state index in [0.717, 1.165) is 19.5 Å². The molecule has 0 spiro atoms. The van der Waals surface area contributed by atoms with Crippen LogP contribution in [0.4, 0.5) is 5.69 Å². The third-order valence-electron chi connectivity index (χ3n) is 2.33. The molecule has 98 valence electrons. The number of anilines is 1. The molecular formula is C14H11Br2NOS. The van der Waals surface area contributed by atoms with Gasteiger partial charge in [-0.1, -0.05) is 28.1 Å². The highest BCUT2D eigenvalue weighted by Gasteiger charge is 2.05. The fraction of sp³-hybridized carbons (Fsp3) is 0.0714. The molecule has 0 saturated carbocycles. The van der Waals surface area contributed by atoms with Crippen molar-refractivity contribution >= 4 is 55.2 Å². The predicted octanol–water partition coefficient (Wildman–Crippen LogP) is 4.94. The first kappa shape index (κ1) is 14.6. The van der Waals surface area contributed by atoms with E-state index in [0.29, 0.717) is 5.75 Å². The Labute approximate surface area is 133 Å². The number of halogens is 2. The van der Waals surface area contributed by atoms with E-state index in [1.54, 1.807) is 0 Å². The zero-order chi connectivity index (χ0) is 13.7. The highest BCUT2D eigenvalue weighted by molar-refractivity contribution is 9.10. The molecule has 0 bridgehead atoms. The highest BCUT2D eigenvalue weighted by Crippen LogP contribution is 2.23. The lowest BCUT2D eigenvalue weighted by atomic mass is 10.3.